The molecule has 0 heterocycles. The van der Waals surface area contributed by atoms with Crippen molar-refractivity contribution < 1.29 is 5.11 Å². The highest BCUT2D eigenvalue weighted by Crippen LogP contribution is 2.29. The molecule has 0 spiro atoms. The number of hydrogen-bond donors (Lipinski definition) is 0. The molecular weight excluding hydrogens is 230 g/mol. The van der Waals surface area contributed by atoms with E-state index in [1.165, 1.54) is 6.08 Å². The van der Waals surface area contributed by atoms with Gasteiger partial charge in [-0.05, 0) is 12.1 Å². The minimum absolute atomic E-state index is 0.296. The average molecular weight is 237 g/mol. The number of hydrogen-bond acceptors (Lipinski definition) is 0. The van der Waals surface area contributed by atoms with Gasteiger partial charge >= 0.3 is 0 Å². The van der Waals surface area contributed by atoms with Crippen LogP contribution in [-0.4, -0.2) is 6.61 Å². The van der Waals surface area contributed by atoms with Gasteiger partial charge in [0.25, 0.3) is 0 Å². The van der Waals surface area contributed by atoms with Crippen LogP contribution in [0.25, 0.3) is 6.08 Å². The Morgan fingerprint density at radius 1 is 1.15 bits per heavy atom. The monoisotopic (exact) mass is 235 g/mol. The Labute approximate surface area is 91.5 Å². The maximum atomic E-state index is 10.2. The van der Waals surface area contributed by atoms with Crippen LogP contribution in [-0.2, 0) is 5.11 Å². The van der Waals surface area contributed by atoms with Crippen LogP contribution in [0.1, 0.15) is 5.56 Å². The topological polar surface area (TPSA) is 19.9 Å². The van der Waals surface area contributed by atoms with Crippen LogP contribution < -0.4 is 0 Å². The van der Waals surface area contributed by atoms with E-state index in [1.807, 2.05) is 0 Å². The fourth-order valence-corrected chi connectivity index (χ4v) is 1.82. The lowest BCUT2D eigenvalue weighted by molar-refractivity contribution is 0.233. The molecule has 0 aliphatic heterocycles. The third-order valence-electron chi connectivity index (χ3n) is 1.42. The van der Waals surface area contributed by atoms with Crippen molar-refractivity contribution >= 4 is 40.9 Å². The third-order valence-corrected chi connectivity index (χ3v) is 2.27. The van der Waals surface area contributed by atoms with E-state index in [1.54, 1.807) is 18.2 Å². The first kappa shape index (κ1) is 10.9. The molecule has 1 nitrogen and oxygen atoms in total. The smallest absolute Gasteiger partial charge is 0.101 e. The Bertz CT molecular complexity index is 311. The largest absolute Gasteiger partial charge is 0.232 e. The van der Waals surface area contributed by atoms with E-state index < -0.39 is 0 Å². The second-order valence-corrected chi connectivity index (χ2v) is 3.60. The zero-order chi connectivity index (χ0) is 9.84. The zero-order valence-electron chi connectivity index (χ0n) is 6.56. The van der Waals surface area contributed by atoms with Crippen LogP contribution in [0.3, 0.4) is 0 Å². The fourth-order valence-electron chi connectivity index (χ4n) is 0.879. The molecule has 4 heteroatoms. The van der Waals surface area contributed by atoms with E-state index in [0.717, 1.165) is 0 Å². The van der Waals surface area contributed by atoms with Crippen LogP contribution in [0.4, 0.5) is 0 Å². The molecule has 0 aliphatic rings. The second-order valence-electron chi connectivity index (χ2n) is 2.35. The molecule has 0 amide bonds. The highest BCUT2D eigenvalue weighted by atomic mass is 35.5. The molecule has 1 rings (SSSR count). The highest BCUT2D eigenvalue weighted by molar-refractivity contribution is 6.40. The van der Waals surface area contributed by atoms with E-state index in [-0.39, 0.29) is 6.61 Å². The summed E-state index contributed by atoms with van der Waals surface area (Å²) in [5.41, 5.74) is 0.628. The Morgan fingerprint density at radius 2 is 1.69 bits per heavy atom. The third kappa shape index (κ3) is 2.89. The van der Waals surface area contributed by atoms with Crippen LogP contribution in [0.15, 0.2) is 18.2 Å². The van der Waals surface area contributed by atoms with E-state index in [0.29, 0.717) is 20.6 Å². The van der Waals surface area contributed by atoms with Crippen molar-refractivity contribution in [1.82, 2.24) is 0 Å². The highest BCUT2D eigenvalue weighted by Gasteiger charge is 2.03. The molecule has 13 heavy (non-hydrogen) atoms. The minimum atomic E-state index is -0.296. The Kier molecular flexibility index (Phi) is 4.07. The summed E-state index contributed by atoms with van der Waals surface area (Å²) < 4.78 is 0. The molecule has 0 N–H and O–H groups in total. The molecule has 0 fully saturated rings. The molecule has 1 aromatic rings. The van der Waals surface area contributed by atoms with Gasteiger partial charge in [-0.25, -0.2) is 5.11 Å². The van der Waals surface area contributed by atoms with Gasteiger partial charge in [-0.3, -0.25) is 0 Å². The van der Waals surface area contributed by atoms with Crippen molar-refractivity contribution in [3.63, 3.8) is 0 Å². The molecule has 0 saturated carbocycles. The van der Waals surface area contributed by atoms with Gasteiger partial charge in [0.1, 0.15) is 6.61 Å². The van der Waals surface area contributed by atoms with Gasteiger partial charge in [-0.2, -0.15) is 0 Å². The quantitative estimate of drug-likeness (QED) is 0.737. The molecule has 0 atom stereocenters. The minimum Gasteiger partial charge on any atom is -0.232 e. The number of halogens is 3. The molecule has 0 aliphatic carbocycles. The standard InChI is InChI=1S/C9H6Cl3O/c10-6-4-8(11)7(2-1-3-13)9(12)5-6/h1-2,4-5H,3H2. The normalized spacial score (nSPS) is 11.1. The predicted octanol–water partition coefficient (Wildman–Crippen LogP) is 4.09. The fraction of sp³-hybridized carbons (Fsp3) is 0.111. The van der Waals surface area contributed by atoms with Gasteiger partial charge in [0.2, 0.25) is 0 Å². The second kappa shape index (κ2) is 4.87. The zero-order valence-corrected chi connectivity index (χ0v) is 8.83. The van der Waals surface area contributed by atoms with E-state index in [9.17, 15) is 5.11 Å². The Hall–Kier alpha value is -0.210. The molecule has 1 aromatic carbocycles. The van der Waals surface area contributed by atoms with Crippen LogP contribution in [0.2, 0.25) is 15.1 Å². The number of rotatable bonds is 2. The van der Waals surface area contributed by atoms with Crippen LogP contribution in [0, 0.1) is 0 Å². The molecule has 0 aromatic heterocycles. The number of benzene rings is 1. The van der Waals surface area contributed by atoms with E-state index in [2.05, 4.69) is 0 Å². The average Bonchev–Trinajstić information content (AvgIpc) is 2.02. The molecule has 0 unspecified atom stereocenters. The van der Waals surface area contributed by atoms with Gasteiger partial charge in [0.05, 0.1) is 10.0 Å². The van der Waals surface area contributed by atoms with Crippen molar-refractivity contribution in [2.45, 2.75) is 0 Å². The molecule has 0 bridgehead atoms. The summed E-state index contributed by atoms with van der Waals surface area (Å²) >= 11 is 17.4. The van der Waals surface area contributed by atoms with Crippen molar-refractivity contribution in [3.05, 3.63) is 38.8 Å². The van der Waals surface area contributed by atoms with E-state index >= 15 is 0 Å². The van der Waals surface area contributed by atoms with Gasteiger partial charge in [-0.1, -0.05) is 47.0 Å². The van der Waals surface area contributed by atoms with Crippen LogP contribution >= 0.6 is 34.8 Å². The first-order valence-electron chi connectivity index (χ1n) is 3.54. The predicted molar refractivity (Wildman–Crippen MR) is 56.1 cm³/mol. The lowest BCUT2D eigenvalue weighted by Gasteiger charge is -2.01. The Balaban J connectivity index is 3.13. The van der Waals surface area contributed by atoms with Crippen molar-refractivity contribution in [1.29, 1.82) is 0 Å². The van der Waals surface area contributed by atoms with Crippen molar-refractivity contribution in [2.24, 2.45) is 0 Å². The maximum absolute atomic E-state index is 10.2. The first-order valence-corrected chi connectivity index (χ1v) is 4.67. The van der Waals surface area contributed by atoms with Gasteiger partial charge in [0, 0.05) is 10.6 Å². The SMILES string of the molecule is [O]CC=Cc1c(Cl)cc(Cl)cc1Cl. The van der Waals surface area contributed by atoms with Gasteiger partial charge < -0.3 is 0 Å². The maximum Gasteiger partial charge on any atom is 0.101 e. The lowest BCUT2D eigenvalue weighted by atomic mass is 10.2. The summed E-state index contributed by atoms with van der Waals surface area (Å²) in [7, 11) is 0. The van der Waals surface area contributed by atoms with Gasteiger partial charge in [-0.15, -0.1) is 0 Å². The summed E-state index contributed by atoms with van der Waals surface area (Å²) in [6.07, 6.45) is 3.04. The summed E-state index contributed by atoms with van der Waals surface area (Å²) in [4.78, 5) is 0. The Morgan fingerprint density at radius 3 is 2.15 bits per heavy atom. The van der Waals surface area contributed by atoms with Crippen molar-refractivity contribution in [3.8, 4) is 0 Å². The summed E-state index contributed by atoms with van der Waals surface area (Å²) in [6, 6.07) is 3.17. The lowest BCUT2D eigenvalue weighted by Crippen LogP contribution is -1.79. The molecule has 1 radical (unpaired) electrons. The van der Waals surface area contributed by atoms with Crippen LogP contribution in [0.5, 0.6) is 0 Å². The molecule has 69 valence electrons. The molecule has 0 saturated heterocycles. The summed E-state index contributed by atoms with van der Waals surface area (Å²) in [5, 5.41) is 11.6. The first-order chi connectivity index (χ1) is 6.15. The van der Waals surface area contributed by atoms with Gasteiger partial charge in [0.15, 0.2) is 0 Å². The molecular formula is C9H6Cl3O. The summed E-state index contributed by atoms with van der Waals surface area (Å²) in [5.74, 6) is 0. The van der Waals surface area contributed by atoms with E-state index in [4.69, 9.17) is 34.8 Å². The summed E-state index contributed by atoms with van der Waals surface area (Å²) in [6.45, 7) is -0.296. The van der Waals surface area contributed by atoms with Crippen molar-refractivity contribution in [2.75, 3.05) is 6.61 Å².